The molecule has 1 aliphatic carbocycles. The first kappa shape index (κ1) is 20.6. The first-order valence-corrected chi connectivity index (χ1v) is 10.9. The molecule has 0 bridgehead atoms. The quantitative estimate of drug-likeness (QED) is 0.433. The van der Waals surface area contributed by atoms with Crippen molar-refractivity contribution in [3.8, 4) is 0 Å². The number of hydrogen-bond donors (Lipinski definition) is 0. The van der Waals surface area contributed by atoms with Crippen molar-refractivity contribution < 1.29 is 28.3 Å². The summed E-state index contributed by atoms with van der Waals surface area (Å²) in [4.78, 5) is 55.8. The van der Waals surface area contributed by atoms with Crippen LogP contribution in [0.3, 0.4) is 0 Å². The van der Waals surface area contributed by atoms with E-state index in [0.717, 1.165) is 16.5 Å². The molecule has 7 heteroatoms. The van der Waals surface area contributed by atoms with Gasteiger partial charge in [-0.2, -0.15) is 0 Å². The second-order valence-corrected chi connectivity index (χ2v) is 8.83. The zero-order valence-electron chi connectivity index (χ0n) is 18.0. The lowest BCUT2D eigenvalue weighted by Gasteiger charge is -2.27. The Morgan fingerprint density at radius 3 is 2.12 bits per heavy atom. The van der Waals surface area contributed by atoms with Gasteiger partial charge < -0.3 is 4.74 Å². The van der Waals surface area contributed by atoms with E-state index < -0.39 is 52.7 Å². The molecule has 0 unspecified atom stereocenters. The summed E-state index contributed by atoms with van der Waals surface area (Å²) in [5.74, 6) is -5.70. The number of ether oxygens (including phenoxy) is 1. The summed E-state index contributed by atoms with van der Waals surface area (Å²) in [5.41, 5.74) is -0.340. The Morgan fingerprint density at radius 2 is 1.47 bits per heavy atom. The minimum absolute atomic E-state index is 0.0542. The van der Waals surface area contributed by atoms with Crippen LogP contribution in [-0.4, -0.2) is 29.0 Å². The normalized spacial score (nSPS) is 24.8. The fourth-order valence-corrected chi connectivity index (χ4v) is 5.58. The number of carbonyl (C=O) groups excluding carboxylic acids is 4. The molecule has 2 heterocycles. The number of nitrogens with zero attached hydrogens (tertiary/aromatic N) is 1. The highest BCUT2D eigenvalue weighted by Crippen LogP contribution is 2.58. The Morgan fingerprint density at radius 1 is 0.824 bits per heavy atom. The van der Waals surface area contributed by atoms with Gasteiger partial charge in [0, 0.05) is 11.1 Å². The van der Waals surface area contributed by atoms with Gasteiger partial charge >= 0.3 is 0 Å². The van der Waals surface area contributed by atoms with E-state index in [9.17, 15) is 23.6 Å². The van der Waals surface area contributed by atoms with E-state index in [2.05, 4.69) is 0 Å². The van der Waals surface area contributed by atoms with Crippen LogP contribution in [0, 0.1) is 24.6 Å². The molecule has 6 nitrogen and oxygen atoms in total. The number of ketones is 2. The van der Waals surface area contributed by atoms with Gasteiger partial charge in [-0.1, -0.05) is 54.6 Å². The van der Waals surface area contributed by atoms with Crippen LogP contribution in [0.2, 0.25) is 0 Å². The van der Waals surface area contributed by atoms with E-state index in [-0.39, 0.29) is 16.8 Å². The number of anilines is 1. The maximum Gasteiger partial charge on any atom is 0.241 e. The van der Waals surface area contributed by atoms with Gasteiger partial charge in [0.1, 0.15) is 5.82 Å². The number of benzene rings is 3. The first-order valence-electron chi connectivity index (χ1n) is 10.9. The summed E-state index contributed by atoms with van der Waals surface area (Å²) in [7, 11) is 0. The smallest absolute Gasteiger partial charge is 0.241 e. The fourth-order valence-electron chi connectivity index (χ4n) is 5.58. The summed E-state index contributed by atoms with van der Waals surface area (Å²) in [5, 5.41) is 0. The summed E-state index contributed by atoms with van der Waals surface area (Å²) in [6.45, 7) is 1.83. The Balaban J connectivity index is 1.57. The molecule has 3 aliphatic rings. The van der Waals surface area contributed by atoms with Crippen LogP contribution < -0.4 is 4.90 Å². The highest BCUT2D eigenvalue weighted by molar-refractivity contribution is 6.37. The van der Waals surface area contributed by atoms with Gasteiger partial charge in [0.05, 0.1) is 23.6 Å². The molecular weight excluding hydrogens is 437 g/mol. The molecule has 2 aliphatic heterocycles. The molecule has 0 N–H and O–H groups in total. The number of carbonyl (C=O) groups is 4. The zero-order chi connectivity index (χ0) is 23.8. The van der Waals surface area contributed by atoms with Crippen LogP contribution in [0.1, 0.15) is 37.9 Å². The topological polar surface area (TPSA) is 80.8 Å². The lowest BCUT2D eigenvalue weighted by molar-refractivity contribution is -0.127. The van der Waals surface area contributed by atoms with Crippen LogP contribution in [0.4, 0.5) is 10.1 Å². The summed E-state index contributed by atoms with van der Waals surface area (Å²) < 4.78 is 20.2. The van der Waals surface area contributed by atoms with E-state index >= 15 is 0 Å². The molecule has 3 aromatic rings. The molecule has 0 saturated carbocycles. The van der Waals surface area contributed by atoms with Crippen LogP contribution in [0.5, 0.6) is 0 Å². The number of amides is 2. The fraction of sp³-hybridized carbons (Fsp3) is 0.185. The molecule has 3 aromatic carbocycles. The summed E-state index contributed by atoms with van der Waals surface area (Å²) >= 11 is 0. The third kappa shape index (κ3) is 2.47. The maximum atomic E-state index is 14.0. The molecule has 0 radical (unpaired) electrons. The molecule has 2 amide bonds. The van der Waals surface area contributed by atoms with Gasteiger partial charge in [-0.25, -0.2) is 9.29 Å². The third-order valence-corrected chi connectivity index (χ3v) is 7.08. The van der Waals surface area contributed by atoms with E-state index in [1.165, 1.54) is 30.3 Å². The van der Waals surface area contributed by atoms with Crippen molar-refractivity contribution in [3.05, 3.63) is 101 Å². The van der Waals surface area contributed by atoms with Gasteiger partial charge in [-0.15, -0.1) is 0 Å². The lowest BCUT2D eigenvalue weighted by Crippen LogP contribution is -2.51. The highest BCUT2D eigenvalue weighted by Gasteiger charge is 2.74. The standard InChI is InChI=1S/C27H18FNO5/c1-14-7-2-3-10-17(14)22-20-21(26(33)29(25(20)32)16-9-6-8-15(28)13-16)27(34-22)23(30)18-11-4-5-12-19(18)24(27)31/h2-13,20-22H,1H3/t20-,21-,22-/m1/s1. The van der Waals surface area contributed by atoms with E-state index in [1.807, 2.05) is 19.1 Å². The van der Waals surface area contributed by atoms with E-state index in [1.54, 1.807) is 24.3 Å². The van der Waals surface area contributed by atoms with Crippen molar-refractivity contribution in [1.82, 2.24) is 0 Å². The Bertz CT molecular complexity index is 1390. The zero-order valence-corrected chi connectivity index (χ0v) is 18.0. The van der Waals surface area contributed by atoms with Crippen molar-refractivity contribution in [2.45, 2.75) is 18.6 Å². The van der Waals surface area contributed by atoms with Crippen LogP contribution in [0.15, 0.2) is 72.8 Å². The van der Waals surface area contributed by atoms with E-state index in [4.69, 9.17) is 4.74 Å². The van der Waals surface area contributed by atoms with Gasteiger partial charge in [-0.3, -0.25) is 19.2 Å². The van der Waals surface area contributed by atoms with Gasteiger partial charge in [0.15, 0.2) is 0 Å². The number of imide groups is 1. The van der Waals surface area contributed by atoms with Crippen molar-refractivity contribution >= 4 is 29.1 Å². The molecule has 0 aromatic heterocycles. The minimum Gasteiger partial charge on any atom is -0.349 e. The SMILES string of the molecule is Cc1ccccc1[C@H]1OC2(C(=O)c3ccccc3C2=O)[C@H]2C(=O)N(c3cccc(F)c3)C(=O)[C@@H]12. The van der Waals surface area contributed by atoms with Crippen LogP contribution in [0.25, 0.3) is 0 Å². The highest BCUT2D eigenvalue weighted by atomic mass is 19.1. The predicted molar refractivity (Wildman–Crippen MR) is 119 cm³/mol. The number of hydrogen-bond acceptors (Lipinski definition) is 5. The van der Waals surface area contributed by atoms with Crippen molar-refractivity contribution in [2.24, 2.45) is 11.8 Å². The van der Waals surface area contributed by atoms with Crippen molar-refractivity contribution in [3.63, 3.8) is 0 Å². The molecule has 34 heavy (non-hydrogen) atoms. The van der Waals surface area contributed by atoms with Crippen molar-refractivity contribution in [2.75, 3.05) is 4.90 Å². The summed E-state index contributed by atoms with van der Waals surface area (Å²) in [6.07, 6.45) is -0.997. The first-order chi connectivity index (χ1) is 16.4. The largest absolute Gasteiger partial charge is 0.349 e. The van der Waals surface area contributed by atoms with Gasteiger partial charge in [-0.05, 0) is 36.2 Å². The Labute approximate surface area is 193 Å². The average molecular weight is 455 g/mol. The molecule has 3 atom stereocenters. The van der Waals surface area contributed by atoms with Crippen LogP contribution >= 0.6 is 0 Å². The monoisotopic (exact) mass is 455 g/mol. The molecule has 168 valence electrons. The molecule has 2 fully saturated rings. The van der Waals surface area contributed by atoms with E-state index in [0.29, 0.717) is 5.56 Å². The molecule has 6 rings (SSSR count). The maximum absolute atomic E-state index is 14.0. The Kier molecular flexibility index (Phi) is 4.25. The van der Waals surface area contributed by atoms with Crippen molar-refractivity contribution in [1.29, 1.82) is 0 Å². The number of rotatable bonds is 2. The van der Waals surface area contributed by atoms with Gasteiger partial charge in [0.2, 0.25) is 29.0 Å². The molecule has 1 spiro atoms. The number of aryl methyl sites for hydroxylation is 1. The average Bonchev–Trinajstić information content (AvgIpc) is 3.39. The predicted octanol–water partition coefficient (Wildman–Crippen LogP) is 3.83. The molecular formula is C27H18FNO5. The number of halogens is 1. The van der Waals surface area contributed by atoms with Gasteiger partial charge in [0.25, 0.3) is 0 Å². The second-order valence-electron chi connectivity index (χ2n) is 8.83. The van der Waals surface area contributed by atoms with Crippen LogP contribution in [-0.2, 0) is 14.3 Å². The molecule has 2 saturated heterocycles. The summed E-state index contributed by atoms with van der Waals surface area (Å²) in [6, 6.07) is 18.6. The third-order valence-electron chi connectivity index (χ3n) is 7.08. The second kappa shape index (κ2) is 7.01. The number of fused-ring (bicyclic) bond motifs is 3. The number of Topliss-reactive ketones (excluding diaryl/α,β-unsaturated/α-hetero) is 2. The lowest BCUT2D eigenvalue weighted by atomic mass is 9.77. The minimum atomic E-state index is -2.14. The Hall–Kier alpha value is -3.97.